The Morgan fingerprint density at radius 2 is 1.52 bits per heavy atom. The Morgan fingerprint density at radius 1 is 0.857 bits per heavy atom. The average molecular weight is 294 g/mol. The summed E-state index contributed by atoms with van der Waals surface area (Å²) in [4.78, 5) is 2.54. The van der Waals surface area contributed by atoms with Crippen LogP contribution in [0.3, 0.4) is 0 Å². The minimum Gasteiger partial charge on any atom is -0.271 e. The van der Waals surface area contributed by atoms with E-state index >= 15 is 0 Å². The van der Waals surface area contributed by atoms with Crippen LogP contribution < -0.4 is 11.3 Å². The molecule has 0 radical (unpaired) electrons. The molecule has 3 aromatic rings. The van der Waals surface area contributed by atoms with Gasteiger partial charge >= 0.3 is 0 Å². The van der Waals surface area contributed by atoms with Crippen LogP contribution in [-0.4, -0.2) is 0 Å². The maximum absolute atomic E-state index is 5.75. The van der Waals surface area contributed by atoms with Gasteiger partial charge in [0.15, 0.2) is 0 Å². The molecule has 1 aromatic heterocycles. The SMILES string of the molecule is Cc1ccc(C(NN)c2ccc(-c3ccccc3)cc2)s1. The number of hydrogen-bond donors (Lipinski definition) is 2. The minimum atomic E-state index is 0.0496. The third-order valence-electron chi connectivity index (χ3n) is 3.56. The van der Waals surface area contributed by atoms with Gasteiger partial charge in [0.25, 0.3) is 0 Å². The molecule has 1 atom stereocenters. The molecule has 0 fully saturated rings. The molecule has 2 nitrogen and oxygen atoms in total. The summed E-state index contributed by atoms with van der Waals surface area (Å²) in [5, 5.41) is 0. The lowest BCUT2D eigenvalue weighted by Gasteiger charge is -2.15. The normalized spacial score (nSPS) is 12.3. The molecule has 21 heavy (non-hydrogen) atoms. The van der Waals surface area contributed by atoms with Crippen LogP contribution in [0.1, 0.15) is 21.4 Å². The van der Waals surface area contributed by atoms with Crippen molar-refractivity contribution in [3.05, 3.63) is 82.0 Å². The summed E-state index contributed by atoms with van der Waals surface area (Å²) >= 11 is 1.77. The van der Waals surface area contributed by atoms with Crippen LogP contribution in [0.15, 0.2) is 66.7 Å². The maximum atomic E-state index is 5.75. The van der Waals surface area contributed by atoms with Crippen LogP contribution in [0, 0.1) is 6.92 Å². The quantitative estimate of drug-likeness (QED) is 0.557. The summed E-state index contributed by atoms with van der Waals surface area (Å²) in [6, 6.07) is 23.3. The molecule has 3 rings (SSSR count). The monoisotopic (exact) mass is 294 g/mol. The van der Waals surface area contributed by atoms with E-state index < -0.39 is 0 Å². The molecule has 2 aromatic carbocycles. The summed E-state index contributed by atoms with van der Waals surface area (Å²) in [7, 11) is 0. The summed E-state index contributed by atoms with van der Waals surface area (Å²) in [5.74, 6) is 5.75. The van der Waals surface area contributed by atoms with Gasteiger partial charge in [-0.25, -0.2) is 5.43 Å². The van der Waals surface area contributed by atoms with E-state index in [9.17, 15) is 0 Å². The van der Waals surface area contributed by atoms with E-state index in [1.54, 1.807) is 11.3 Å². The number of aryl methyl sites for hydroxylation is 1. The van der Waals surface area contributed by atoms with Gasteiger partial charge in [-0.2, -0.15) is 0 Å². The van der Waals surface area contributed by atoms with Crippen molar-refractivity contribution in [1.82, 2.24) is 5.43 Å². The largest absolute Gasteiger partial charge is 0.271 e. The lowest BCUT2D eigenvalue weighted by molar-refractivity contribution is 0.646. The number of hydrogen-bond acceptors (Lipinski definition) is 3. The van der Waals surface area contributed by atoms with Crippen molar-refractivity contribution in [3.63, 3.8) is 0 Å². The fraction of sp³-hybridized carbons (Fsp3) is 0.111. The van der Waals surface area contributed by atoms with Gasteiger partial charge in [0.1, 0.15) is 0 Å². The summed E-state index contributed by atoms with van der Waals surface area (Å²) in [6.07, 6.45) is 0. The number of nitrogens with one attached hydrogen (secondary N) is 1. The Balaban J connectivity index is 1.89. The first kappa shape index (κ1) is 14.0. The minimum absolute atomic E-state index is 0.0496. The van der Waals surface area contributed by atoms with Crippen molar-refractivity contribution in [2.45, 2.75) is 13.0 Å². The molecule has 0 saturated heterocycles. The van der Waals surface area contributed by atoms with E-state index in [4.69, 9.17) is 5.84 Å². The van der Waals surface area contributed by atoms with Gasteiger partial charge in [-0.1, -0.05) is 54.6 Å². The zero-order valence-corrected chi connectivity index (χ0v) is 12.7. The van der Waals surface area contributed by atoms with Gasteiger partial charge in [-0.05, 0) is 35.7 Å². The third-order valence-corrected chi connectivity index (χ3v) is 4.63. The second-order valence-corrected chi connectivity index (χ2v) is 6.36. The summed E-state index contributed by atoms with van der Waals surface area (Å²) in [5.41, 5.74) is 6.55. The molecule has 0 saturated carbocycles. The molecular formula is C18H18N2S. The van der Waals surface area contributed by atoms with Gasteiger partial charge in [0, 0.05) is 9.75 Å². The molecule has 3 N–H and O–H groups in total. The lowest BCUT2D eigenvalue weighted by Crippen LogP contribution is -2.28. The van der Waals surface area contributed by atoms with Crippen LogP contribution in [0.2, 0.25) is 0 Å². The van der Waals surface area contributed by atoms with E-state index in [-0.39, 0.29) is 6.04 Å². The lowest BCUT2D eigenvalue weighted by atomic mass is 10.0. The number of rotatable bonds is 4. The number of hydrazine groups is 1. The highest BCUT2D eigenvalue weighted by Gasteiger charge is 2.14. The fourth-order valence-electron chi connectivity index (χ4n) is 2.45. The molecular weight excluding hydrogens is 276 g/mol. The number of thiophene rings is 1. The fourth-order valence-corrected chi connectivity index (χ4v) is 3.42. The molecule has 1 heterocycles. The Kier molecular flexibility index (Phi) is 4.15. The number of benzene rings is 2. The Hall–Kier alpha value is -1.94. The van der Waals surface area contributed by atoms with Gasteiger partial charge in [0.2, 0.25) is 0 Å². The Labute approximate surface area is 129 Å². The molecule has 106 valence electrons. The van der Waals surface area contributed by atoms with Crippen LogP contribution in [0.5, 0.6) is 0 Å². The van der Waals surface area contributed by atoms with E-state index in [1.165, 1.54) is 26.4 Å². The molecule has 0 bridgehead atoms. The van der Waals surface area contributed by atoms with Crippen molar-refractivity contribution in [3.8, 4) is 11.1 Å². The maximum Gasteiger partial charge on any atom is 0.0802 e. The van der Waals surface area contributed by atoms with Crippen LogP contribution in [-0.2, 0) is 0 Å². The van der Waals surface area contributed by atoms with Crippen molar-refractivity contribution < 1.29 is 0 Å². The Morgan fingerprint density at radius 3 is 2.10 bits per heavy atom. The standard InChI is InChI=1S/C18H18N2S/c1-13-7-12-17(21-13)18(20-19)16-10-8-15(9-11-16)14-5-3-2-4-6-14/h2-12,18,20H,19H2,1H3. The van der Waals surface area contributed by atoms with Gasteiger partial charge in [-0.15, -0.1) is 11.3 Å². The average Bonchev–Trinajstić information content (AvgIpc) is 2.96. The topological polar surface area (TPSA) is 38.0 Å². The third kappa shape index (κ3) is 3.05. The van der Waals surface area contributed by atoms with Crippen molar-refractivity contribution in [2.24, 2.45) is 5.84 Å². The predicted octanol–water partition coefficient (Wildman–Crippen LogP) is 4.28. The molecule has 0 amide bonds. The summed E-state index contributed by atoms with van der Waals surface area (Å²) in [6.45, 7) is 2.11. The molecule has 0 aliphatic rings. The predicted molar refractivity (Wildman–Crippen MR) is 90.1 cm³/mol. The molecule has 3 heteroatoms. The molecule has 0 spiro atoms. The van der Waals surface area contributed by atoms with Crippen molar-refractivity contribution in [2.75, 3.05) is 0 Å². The molecule has 0 aliphatic heterocycles. The zero-order valence-electron chi connectivity index (χ0n) is 11.9. The van der Waals surface area contributed by atoms with E-state index in [2.05, 4.69) is 73.0 Å². The first-order chi connectivity index (χ1) is 10.3. The number of nitrogens with two attached hydrogens (primary N) is 1. The van der Waals surface area contributed by atoms with Crippen molar-refractivity contribution >= 4 is 11.3 Å². The zero-order chi connectivity index (χ0) is 14.7. The Bertz CT molecular complexity index is 702. The highest BCUT2D eigenvalue weighted by atomic mass is 32.1. The van der Waals surface area contributed by atoms with E-state index in [0.717, 1.165) is 0 Å². The molecule has 0 aliphatic carbocycles. The highest BCUT2D eigenvalue weighted by Crippen LogP contribution is 2.29. The first-order valence-corrected chi connectivity index (χ1v) is 7.77. The smallest absolute Gasteiger partial charge is 0.0802 e. The second-order valence-electron chi connectivity index (χ2n) is 5.04. The van der Waals surface area contributed by atoms with Crippen LogP contribution in [0.4, 0.5) is 0 Å². The van der Waals surface area contributed by atoms with Crippen LogP contribution >= 0.6 is 11.3 Å². The first-order valence-electron chi connectivity index (χ1n) is 6.96. The van der Waals surface area contributed by atoms with Gasteiger partial charge in [-0.3, -0.25) is 5.84 Å². The molecule has 1 unspecified atom stereocenters. The van der Waals surface area contributed by atoms with Gasteiger partial charge < -0.3 is 0 Å². The second kappa shape index (κ2) is 6.22. The van der Waals surface area contributed by atoms with E-state index in [0.29, 0.717) is 0 Å². The van der Waals surface area contributed by atoms with E-state index in [1.807, 2.05) is 6.07 Å². The van der Waals surface area contributed by atoms with Gasteiger partial charge in [0.05, 0.1) is 6.04 Å². The van der Waals surface area contributed by atoms with Crippen LogP contribution in [0.25, 0.3) is 11.1 Å². The highest BCUT2D eigenvalue weighted by molar-refractivity contribution is 7.12. The van der Waals surface area contributed by atoms with Crippen molar-refractivity contribution in [1.29, 1.82) is 0 Å². The summed E-state index contributed by atoms with van der Waals surface area (Å²) < 4.78 is 0.